The van der Waals surface area contributed by atoms with Crippen LogP contribution < -0.4 is 16.0 Å². The maximum atomic E-state index is 10.4. The Bertz CT molecular complexity index is 343. The summed E-state index contributed by atoms with van der Waals surface area (Å²) < 4.78 is 5.12. The van der Waals surface area contributed by atoms with E-state index in [1.54, 1.807) is 24.3 Å². The molecule has 1 aromatic rings. The van der Waals surface area contributed by atoms with Crippen molar-refractivity contribution in [2.24, 2.45) is 5.73 Å². The first-order valence-electron chi connectivity index (χ1n) is 4.25. The molecule has 0 aliphatic rings. The van der Waals surface area contributed by atoms with Crippen LogP contribution in [-0.2, 0) is 4.79 Å². The van der Waals surface area contributed by atoms with Crippen LogP contribution in [0.4, 0.5) is 5.69 Å². The molecule has 0 radical (unpaired) electrons. The van der Waals surface area contributed by atoms with Gasteiger partial charge < -0.3 is 15.6 Å². The highest BCUT2D eigenvalue weighted by molar-refractivity contribution is 5.73. The minimum Gasteiger partial charge on any atom is -0.489 e. The van der Waals surface area contributed by atoms with E-state index in [1.165, 1.54) is 0 Å². The lowest BCUT2D eigenvalue weighted by molar-refractivity contribution is -0.139. The largest absolute Gasteiger partial charge is 0.489 e. The lowest BCUT2D eigenvalue weighted by atomic mass is 10.3. The molecule has 0 saturated heterocycles. The Balaban J connectivity index is 2.60. The molecule has 1 rings (SSSR count). The fourth-order valence-corrected chi connectivity index (χ4v) is 0.936. The number of nitrogens with two attached hydrogens (primary N) is 1. The standard InChI is InChI=1S/C9H12N2O4/c10-6(9(12)13)5-15-8-4-2-1-3-7(8)11-14/h1-4,6,11,14H,5,10H2,(H,12,13). The van der Waals surface area contributed by atoms with Crippen LogP contribution in [0.5, 0.6) is 5.75 Å². The highest BCUT2D eigenvalue weighted by Gasteiger charge is 2.12. The van der Waals surface area contributed by atoms with Crippen LogP contribution in [0.2, 0.25) is 0 Å². The Morgan fingerprint density at radius 1 is 1.53 bits per heavy atom. The van der Waals surface area contributed by atoms with Gasteiger partial charge in [0.25, 0.3) is 0 Å². The van der Waals surface area contributed by atoms with E-state index in [2.05, 4.69) is 0 Å². The number of hydrogen-bond acceptors (Lipinski definition) is 5. The number of benzene rings is 1. The molecule has 0 spiro atoms. The first-order chi connectivity index (χ1) is 7.15. The van der Waals surface area contributed by atoms with Gasteiger partial charge in [-0.15, -0.1) is 0 Å². The van der Waals surface area contributed by atoms with Gasteiger partial charge in [0.1, 0.15) is 24.1 Å². The van der Waals surface area contributed by atoms with Gasteiger partial charge in [0.15, 0.2) is 0 Å². The van der Waals surface area contributed by atoms with Gasteiger partial charge >= 0.3 is 5.97 Å². The molecule has 0 bridgehead atoms. The van der Waals surface area contributed by atoms with Crippen LogP contribution in [-0.4, -0.2) is 28.9 Å². The molecule has 6 heteroatoms. The summed E-state index contributed by atoms with van der Waals surface area (Å²) in [5.74, 6) is -0.791. The summed E-state index contributed by atoms with van der Waals surface area (Å²) in [7, 11) is 0. The van der Waals surface area contributed by atoms with E-state index in [0.29, 0.717) is 11.4 Å². The smallest absolute Gasteiger partial charge is 0.324 e. The second kappa shape index (κ2) is 5.18. The molecule has 5 N–H and O–H groups in total. The van der Waals surface area contributed by atoms with Crippen LogP contribution >= 0.6 is 0 Å². The number of carboxylic acid groups (broad SMARTS) is 1. The van der Waals surface area contributed by atoms with E-state index >= 15 is 0 Å². The second-order valence-electron chi connectivity index (χ2n) is 2.86. The van der Waals surface area contributed by atoms with Crippen molar-refractivity contribution in [1.82, 2.24) is 0 Å². The molecular weight excluding hydrogens is 200 g/mol. The predicted molar refractivity (Wildman–Crippen MR) is 53.0 cm³/mol. The van der Waals surface area contributed by atoms with Gasteiger partial charge in [-0.2, -0.15) is 0 Å². The molecule has 1 aromatic carbocycles. The number of ether oxygens (including phenoxy) is 1. The Morgan fingerprint density at radius 3 is 2.80 bits per heavy atom. The van der Waals surface area contributed by atoms with E-state index in [0.717, 1.165) is 0 Å². The fourth-order valence-electron chi connectivity index (χ4n) is 0.936. The molecular formula is C9H12N2O4. The number of nitrogens with one attached hydrogen (secondary N) is 1. The fraction of sp³-hybridized carbons (Fsp3) is 0.222. The average molecular weight is 212 g/mol. The molecule has 0 fully saturated rings. The maximum absolute atomic E-state index is 10.4. The average Bonchev–Trinajstić information content (AvgIpc) is 2.26. The van der Waals surface area contributed by atoms with Crippen LogP contribution in [0, 0.1) is 0 Å². The normalized spacial score (nSPS) is 11.9. The van der Waals surface area contributed by atoms with E-state index in [-0.39, 0.29) is 6.61 Å². The first kappa shape index (κ1) is 11.3. The minimum atomic E-state index is -1.13. The molecule has 1 unspecified atom stereocenters. The SMILES string of the molecule is NC(COc1ccccc1NO)C(=O)O. The summed E-state index contributed by atoms with van der Waals surface area (Å²) >= 11 is 0. The summed E-state index contributed by atoms with van der Waals surface area (Å²) in [5.41, 5.74) is 7.54. The second-order valence-corrected chi connectivity index (χ2v) is 2.86. The number of carboxylic acids is 1. The van der Waals surface area contributed by atoms with Gasteiger partial charge in [-0.3, -0.25) is 15.5 Å². The molecule has 0 heterocycles. The Kier molecular flexibility index (Phi) is 3.90. The van der Waals surface area contributed by atoms with Crippen molar-refractivity contribution in [2.75, 3.05) is 12.1 Å². The minimum absolute atomic E-state index is 0.159. The van der Waals surface area contributed by atoms with E-state index in [1.807, 2.05) is 5.48 Å². The molecule has 0 amide bonds. The lowest BCUT2D eigenvalue weighted by Gasteiger charge is -2.11. The van der Waals surface area contributed by atoms with Gasteiger partial charge in [-0.05, 0) is 12.1 Å². The highest BCUT2D eigenvalue weighted by Crippen LogP contribution is 2.22. The zero-order chi connectivity index (χ0) is 11.3. The summed E-state index contributed by atoms with van der Waals surface area (Å²) in [6.07, 6.45) is 0. The number of para-hydroxylation sites is 2. The van der Waals surface area contributed by atoms with Crippen molar-refractivity contribution in [1.29, 1.82) is 0 Å². The zero-order valence-electron chi connectivity index (χ0n) is 7.88. The topological polar surface area (TPSA) is 105 Å². The van der Waals surface area contributed by atoms with E-state index < -0.39 is 12.0 Å². The molecule has 1 atom stereocenters. The third-order valence-electron chi connectivity index (χ3n) is 1.74. The summed E-state index contributed by atoms with van der Waals surface area (Å²) in [6.45, 7) is -0.159. The van der Waals surface area contributed by atoms with Gasteiger partial charge in [0, 0.05) is 0 Å². The van der Waals surface area contributed by atoms with Crippen molar-refractivity contribution in [3.05, 3.63) is 24.3 Å². The molecule has 15 heavy (non-hydrogen) atoms. The Morgan fingerprint density at radius 2 is 2.20 bits per heavy atom. The lowest BCUT2D eigenvalue weighted by Crippen LogP contribution is -2.36. The van der Waals surface area contributed by atoms with Crippen molar-refractivity contribution in [3.8, 4) is 5.75 Å². The third-order valence-corrected chi connectivity index (χ3v) is 1.74. The molecule has 0 aliphatic heterocycles. The molecule has 0 aliphatic carbocycles. The van der Waals surface area contributed by atoms with E-state index in [4.69, 9.17) is 20.8 Å². The van der Waals surface area contributed by atoms with Gasteiger partial charge in [-0.25, -0.2) is 0 Å². The highest BCUT2D eigenvalue weighted by atomic mass is 16.5. The first-order valence-corrected chi connectivity index (χ1v) is 4.25. The van der Waals surface area contributed by atoms with Crippen LogP contribution in [0.1, 0.15) is 0 Å². The van der Waals surface area contributed by atoms with Crippen LogP contribution in [0.25, 0.3) is 0 Å². The molecule has 0 saturated carbocycles. The van der Waals surface area contributed by atoms with Gasteiger partial charge in [-0.1, -0.05) is 12.1 Å². The monoisotopic (exact) mass is 212 g/mol. The van der Waals surface area contributed by atoms with Crippen LogP contribution in [0.3, 0.4) is 0 Å². The Hall–Kier alpha value is -1.79. The third kappa shape index (κ3) is 3.12. The maximum Gasteiger partial charge on any atom is 0.324 e. The van der Waals surface area contributed by atoms with Gasteiger partial charge in [0.05, 0.1) is 0 Å². The molecule has 0 aromatic heterocycles. The number of hydrogen-bond donors (Lipinski definition) is 4. The number of rotatable bonds is 5. The Labute approximate surface area is 86.2 Å². The van der Waals surface area contributed by atoms with Crippen molar-refractivity contribution < 1.29 is 19.8 Å². The molecule has 82 valence electrons. The van der Waals surface area contributed by atoms with Crippen molar-refractivity contribution >= 4 is 11.7 Å². The van der Waals surface area contributed by atoms with Crippen molar-refractivity contribution in [3.63, 3.8) is 0 Å². The summed E-state index contributed by atoms with van der Waals surface area (Å²) in [4.78, 5) is 10.4. The predicted octanol–water partition coefficient (Wildman–Crippen LogP) is 0.278. The number of anilines is 1. The van der Waals surface area contributed by atoms with Gasteiger partial charge in [0.2, 0.25) is 0 Å². The quantitative estimate of drug-likeness (QED) is 0.522. The summed E-state index contributed by atoms with van der Waals surface area (Å²) in [6, 6.07) is 5.48. The summed E-state index contributed by atoms with van der Waals surface area (Å²) in [5, 5.41) is 17.2. The van der Waals surface area contributed by atoms with Crippen molar-refractivity contribution in [2.45, 2.75) is 6.04 Å². The number of carbonyl (C=O) groups is 1. The van der Waals surface area contributed by atoms with Crippen LogP contribution in [0.15, 0.2) is 24.3 Å². The van der Waals surface area contributed by atoms with E-state index in [9.17, 15) is 4.79 Å². The molecule has 6 nitrogen and oxygen atoms in total. The zero-order valence-corrected chi connectivity index (χ0v) is 7.88. The number of aliphatic carboxylic acids is 1.